The maximum absolute atomic E-state index is 12.8. The van der Waals surface area contributed by atoms with Crippen LogP contribution < -0.4 is 0 Å². The number of hydrogen-bond acceptors (Lipinski definition) is 6. The molecule has 0 N–H and O–H groups in total. The van der Waals surface area contributed by atoms with Crippen molar-refractivity contribution in [3.8, 4) is 0 Å². The van der Waals surface area contributed by atoms with Gasteiger partial charge in [-0.3, -0.25) is 14.5 Å². The van der Waals surface area contributed by atoms with Crippen molar-refractivity contribution in [3.05, 3.63) is 12.3 Å². The summed E-state index contributed by atoms with van der Waals surface area (Å²) in [5.41, 5.74) is -0.0479. The van der Waals surface area contributed by atoms with Crippen LogP contribution in [0.5, 0.6) is 0 Å². The summed E-state index contributed by atoms with van der Waals surface area (Å²) in [4.78, 5) is 22.2. The second-order valence-corrected chi connectivity index (χ2v) is 18.9. The van der Waals surface area contributed by atoms with E-state index in [2.05, 4.69) is 71.9 Å². The SMILES string of the molecule is C=C(CCCCCCCCC(=O)OC1CC(C)(C)N(CC2CCCCC2)C(C)(C)C1)OC1CC(C)(C)N(OC2CCCCC2)C(C)(C)C1. The number of allylic oxidation sites excluding steroid dienone is 1. The smallest absolute Gasteiger partial charge is 0.306 e. The van der Waals surface area contributed by atoms with E-state index in [1.54, 1.807) is 0 Å². The summed E-state index contributed by atoms with van der Waals surface area (Å²) in [5.74, 6) is 1.75. The number of nitrogens with zero attached hydrogens (tertiary/aromatic N) is 2. The van der Waals surface area contributed by atoms with Crippen molar-refractivity contribution >= 4 is 5.97 Å². The Morgan fingerprint density at radius 2 is 1.04 bits per heavy atom. The molecule has 2 aliphatic heterocycles. The summed E-state index contributed by atoms with van der Waals surface area (Å²) in [5, 5.41) is 2.31. The Bertz CT molecular complexity index is 891. The standard InChI is InChI=1S/C42H76N2O4/c1-33(46-36-30-41(6,7)44(42(8,9)31-36)48-35-25-19-15-20-26-35)22-16-12-10-11-13-21-27-38(45)47-37-28-39(2,3)43(40(4,5)29-37)32-34-23-17-14-18-24-34/h34-37H,1,10-32H2,2-9H3. The molecule has 6 heteroatoms. The molecule has 4 fully saturated rings. The first-order valence-electron chi connectivity index (χ1n) is 20.4. The van der Waals surface area contributed by atoms with Gasteiger partial charge in [0.2, 0.25) is 0 Å². The van der Waals surface area contributed by atoms with Crippen molar-refractivity contribution in [2.75, 3.05) is 6.54 Å². The Balaban J connectivity index is 1.06. The number of likely N-dealkylation sites (tertiary alicyclic amines) is 1. The van der Waals surface area contributed by atoms with Crippen LogP contribution in [-0.4, -0.2) is 62.9 Å². The zero-order valence-corrected chi connectivity index (χ0v) is 32.8. The first-order valence-corrected chi connectivity index (χ1v) is 20.4. The molecule has 278 valence electrons. The fourth-order valence-electron chi connectivity index (χ4n) is 10.1. The molecule has 0 amide bonds. The molecule has 4 rings (SSSR count). The molecule has 0 atom stereocenters. The largest absolute Gasteiger partial charge is 0.495 e. The number of hydrogen-bond donors (Lipinski definition) is 0. The van der Waals surface area contributed by atoms with Gasteiger partial charge in [0.25, 0.3) is 0 Å². The van der Waals surface area contributed by atoms with Crippen LogP contribution in [0.2, 0.25) is 0 Å². The molecule has 2 saturated carbocycles. The number of ether oxygens (including phenoxy) is 2. The Morgan fingerprint density at radius 1 is 0.583 bits per heavy atom. The summed E-state index contributed by atoms with van der Waals surface area (Å²) >= 11 is 0. The van der Waals surface area contributed by atoms with Crippen LogP contribution in [0.15, 0.2) is 12.3 Å². The third-order valence-corrected chi connectivity index (χ3v) is 12.2. The summed E-state index contributed by atoms with van der Waals surface area (Å²) in [7, 11) is 0. The topological polar surface area (TPSA) is 51.2 Å². The predicted molar refractivity (Wildman–Crippen MR) is 199 cm³/mol. The highest BCUT2D eigenvalue weighted by atomic mass is 16.7. The molecule has 4 aliphatic rings. The van der Waals surface area contributed by atoms with Gasteiger partial charge >= 0.3 is 5.97 Å². The fraction of sp³-hybridized carbons (Fsp3) is 0.929. The summed E-state index contributed by atoms with van der Waals surface area (Å²) in [6.45, 7) is 24.1. The zero-order chi connectivity index (χ0) is 35.0. The Labute approximate surface area is 296 Å². The van der Waals surface area contributed by atoms with Gasteiger partial charge in [-0.2, -0.15) is 5.06 Å². The zero-order valence-electron chi connectivity index (χ0n) is 32.8. The molecule has 0 aromatic heterocycles. The number of hydroxylamine groups is 2. The van der Waals surface area contributed by atoms with E-state index in [0.717, 1.165) is 63.0 Å². The van der Waals surface area contributed by atoms with E-state index in [1.165, 1.54) is 90.0 Å². The quantitative estimate of drug-likeness (QED) is 0.0924. The molecule has 0 bridgehead atoms. The van der Waals surface area contributed by atoms with Crippen molar-refractivity contribution in [1.82, 2.24) is 9.96 Å². The van der Waals surface area contributed by atoms with Gasteiger partial charge in [-0.1, -0.05) is 70.8 Å². The van der Waals surface area contributed by atoms with Crippen LogP contribution in [0.25, 0.3) is 0 Å². The Hall–Kier alpha value is -1.11. The summed E-state index contributed by atoms with van der Waals surface area (Å²) < 4.78 is 12.6. The van der Waals surface area contributed by atoms with Crippen molar-refractivity contribution in [2.45, 2.75) is 237 Å². The predicted octanol–water partition coefficient (Wildman–Crippen LogP) is 11.1. The van der Waals surface area contributed by atoms with E-state index in [1.807, 2.05) is 0 Å². The Kier molecular flexibility index (Phi) is 14.4. The maximum Gasteiger partial charge on any atom is 0.306 e. The molecule has 0 aromatic carbocycles. The van der Waals surface area contributed by atoms with Crippen LogP contribution in [0.3, 0.4) is 0 Å². The maximum atomic E-state index is 12.8. The second kappa shape index (κ2) is 17.4. The number of unbranched alkanes of at least 4 members (excludes halogenated alkanes) is 5. The average molecular weight is 673 g/mol. The highest BCUT2D eigenvalue weighted by Gasteiger charge is 2.49. The number of piperidine rings is 2. The fourth-order valence-corrected chi connectivity index (χ4v) is 10.1. The van der Waals surface area contributed by atoms with E-state index in [9.17, 15) is 4.79 Å². The third kappa shape index (κ3) is 11.7. The molecular weight excluding hydrogens is 596 g/mol. The lowest BCUT2D eigenvalue weighted by atomic mass is 9.76. The molecule has 2 heterocycles. The van der Waals surface area contributed by atoms with Gasteiger partial charge in [-0.15, -0.1) is 0 Å². The molecule has 48 heavy (non-hydrogen) atoms. The van der Waals surface area contributed by atoms with E-state index in [-0.39, 0.29) is 40.3 Å². The summed E-state index contributed by atoms with van der Waals surface area (Å²) in [6, 6.07) is 0. The second-order valence-electron chi connectivity index (χ2n) is 18.9. The number of esters is 1. The van der Waals surface area contributed by atoms with E-state index in [4.69, 9.17) is 14.3 Å². The van der Waals surface area contributed by atoms with Gasteiger partial charge in [0, 0.05) is 67.2 Å². The molecule has 2 saturated heterocycles. The van der Waals surface area contributed by atoms with Gasteiger partial charge in [0.15, 0.2) is 0 Å². The van der Waals surface area contributed by atoms with E-state index >= 15 is 0 Å². The molecule has 0 spiro atoms. The van der Waals surface area contributed by atoms with Crippen LogP contribution in [0.4, 0.5) is 0 Å². The monoisotopic (exact) mass is 673 g/mol. The van der Waals surface area contributed by atoms with Gasteiger partial charge in [-0.25, -0.2) is 0 Å². The average Bonchev–Trinajstić information content (AvgIpc) is 2.98. The number of rotatable bonds is 16. The van der Waals surface area contributed by atoms with Crippen molar-refractivity contribution < 1.29 is 19.1 Å². The first-order chi connectivity index (χ1) is 22.6. The molecule has 0 unspecified atom stereocenters. The van der Waals surface area contributed by atoms with Crippen molar-refractivity contribution in [3.63, 3.8) is 0 Å². The first kappa shape index (κ1) is 39.7. The van der Waals surface area contributed by atoms with Gasteiger partial charge in [0.1, 0.15) is 12.2 Å². The van der Waals surface area contributed by atoms with Crippen molar-refractivity contribution in [2.24, 2.45) is 5.92 Å². The van der Waals surface area contributed by atoms with Gasteiger partial charge in [0.05, 0.1) is 11.9 Å². The molecular formula is C42H76N2O4. The van der Waals surface area contributed by atoms with Crippen LogP contribution in [-0.2, 0) is 19.1 Å². The van der Waals surface area contributed by atoms with Crippen LogP contribution >= 0.6 is 0 Å². The van der Waals surface area contributed by atoms with Gasteiger partial charge in [-0.05, 0) is 99.8 Å². The molecule has 2 aliphatic carbocycles. The highest BCUT2D eigenvalue weighted by Crippen LogP contribution is 2.43. The van der Waals surface area contributed by atoms with Crippen LogP contribution in [0.1, 0.15) is 197 Å². The summed E-state index contributed by atoms with van der Waals surface area (Å²) in [6.07, 6.45) is 25.7. The van der Waals surface area contributed by atoms with Crippen molar-refractivity contribution in [1.29, 1.82) is 0 Å². The van der Waals surface area contributed by atoms with E-state index in [0.29, 0.717) is 12.5 Å². The minimum absolute atomic E-state index is 0.00137. The van der Waals surface area contributed by atoms with E-state index < -0.39 is 0 Å². The molecule has 0 aromatic rings. The molecule has 0 radical (unpaired) electrons. The molecule has 6 nitrogen and oxygen atoms in total. The lowest BCUT2D eigenvalue weighted by molar-refractivity contribution is -0.318. The normalized spacial score (nSPS) is 25.9. The van der Waals surface area contributed by atoms with Gasteiger partial charge < -0.3 is 9.47 Å². The van der Waals surface area contributed by atoms with Crippen LogP contribution in [0, 0.1) is 5.92 Å². The third-order valence-electron chi connectivity index (χ3n) is 12.2. The highest BCUT2D eigenvalue weighted by molar-refractivity contribution is 5.69. The lowest BCUT2D eigenvalue weighted by Crippen LogP contribution is -2.63. The minimum Gasteiger partial charge on any atom is -0.495 e. The minimum atomic E-state index is -0.0739. The Morgan fingerprint density at radius 3 is 1.60 bits per heavy atom. The number of carbonyl (C=O) groups excluding carboxylic acids is 1. The number of carbonyl (C=O) groups is 1. The lowest BCUT2D eigenvalue weighted by Gasteiger charge is -2.56.